The predicted molar refractivity (Wildman–Crippen MR) is 71.4 cm³/mol. The van der Waals surface area contributed by atoms with Gasteiger partial charge < -0.3 is 4.74 Å². The monoisotopic (exact) mass is 361 g/mol. The second-order valence-corrected chi connectivity index (χ2v) is 4.95. The van der Waals surface area contributed by atoms with Crippen molar-refractivity contribution in [2.24, 2.45) is 0 Å². The molecule has 2 aromatic carbocycles. The van der Waals surface area contributed by atoms with Crippen molar-refractivity contribution < 1.29 is 22.8 Å². The Morgan fingerprint density at radius 3 is 2.48 bits per heavy atom. The summed E-state index contributed by atoms with van der Waals surface area (Å²) in [5.74, 6) is -3.63. The van der Waals surface area contributed by atoms with E-state index in [9.17, 15) is 23.3 Å². The van der Waals surface area contributed by atoms with Crippen LogP contribution in [0.2, 0.25) is 0 Å². The van der Waals surface area contributed by atoms with Crippen molar-refractivity contribution in [3.63, 3.8) is 0 Å². The number of hydrogen-bond donors (Lipinski definition) is 0. The first-order valence-corrected chi connectivity index (χ1v) is 6.38. The van der Waals surface area contributed by atoms with Crippen LogP contribution in [-0.4, -0.2) is 4.92 Å². The molecule has 0 N–H and O–H groups in total. The first-order valence-electron chi connectivity index (χ1n) is 5.58. The molecule has 21 heavy (non-hydrogen) atoms. The summed E-state index contributed by atoms with van der Waals surface area (Å²) in [6, 6.07) is 5.32. The molecule has 0 radical (unpaired) electrons. The maximum atomic E-state index is 13.4. The van der Waals surface area contributed by atoms with E-state index in [4.69, 9.17) is 4.74 Å². The lowest BCUT2D eigenvalue weighted by atomic mass is 10.2. The molecule has 110 valence electrons. The van der Waals surface area contributed by atoms with Crippen molar-refractivity contribution in [2.75, 3.05) is 0 Å². The molecule has 0 saturated carbocycles. The second kappa shape index (κ2) is 6.13. The standard InChI is InChI=1S/C13H7BrF3NO3/c14-8-4-10(16)13(17)12(5-8)21-6-7-1-2-11(18(19)20)9(15)3-7/h1-5H,6H2. The highest BCUT2D eigenvalue weighted by atomic mass is 79.9. The fourth-order valence-corrected chi connectivity index (χ4v) is 2.00. The minimum Gasteiger partial charge on any atom is -0.486 e. The molecule has 2 aromatic rings. The SMILES string of the molecule is O=[N+]([O-])c1ccc(COc2cc(Br)cc(F)c2F)cc1F. The summed E-state index contributed by atoms with van der Waals surface area (Å²) in [5.41, 5.74) is -0.420. The molecule has 2 rings (SSSR count). The van der Waals surface area contributed by atoms with Gasteiger partial charge in [0.05, 0.1) is 4.92 Å². The van der Waals surface area contributed by atoms with Crippen molar-refractivity contribution in [3.8, 4) is 5.75 Å². The molecule has 0 aliphatic rings. The van der Waals surface area contributed by atoms with Crippen LogP contribution in [0.4, 0.5) is 18.9 Å². The Morgan fingerprint density at radius 1 is 1.14 bits per heavy atom. The molecule has 0 bridgehead atoms. The second-order valence-electron chi connectivity index (χ2n) is 4.03. The van der Waals surface area contributed by atoms with E-state index in [2.05, 4.69) is 15.9 Å². The van der Waals surface area contributed by atoms with Crippen LogP contribution in [0.25, 0.3) is 0 Å². The van der Waals surface area contributed by atoms with E-state index in [0.717, 1.165) is 18.2 Å². The summed E-state index contributed by atoms with van der Waals surface area (Å²) >= 11 is 2.99. The number of halogens is 4. The van der Waals surface area contributed by atoms with Gasteiger partial charge in [0.1, 0.15) is 6.61 Å². The number of benzene rings is 2. The molecule has 0 heterocycles. The van der Waals surface area contributed by atoms with E-state index in [1.165, 1.54) is 12.1 Å². The van der Waals surface area contributed by atoms with Crippen molar-refractivity contribution in [3.05, 3.63) is 67.9 Å². The molecule has 0 saturated heterocycles. The molecule has 4 nitrogen and oxygen atoms in total. The first kappa shape index (κ1) is 15.3. The number of ether oxygens (including phenoxy) is 1. The summed E-state index contributed by atoms with van der Waals surface area (Å²) < 4.78 is 45.3. The lowest BCUT2D eigenvalue weighted by molar-refractivity contribution is -0.387. The zero-order chi connectivity index (χ0) is 15.6. The average molecular weight is 362 g/mol. The van der Waals surface area contributed by atoms with E-state index in [1.54, 1.807) is 0 Å². The molecular formula is C13H7BrF3NO3. The van der Waals surface area contributed by atoms with Gasteiger partial charge in [-0.25, -0.2) is 4.39 Å². The molecule has 0 amide bonds. The Bertz CT molecular complexity index is 709. The summed E-state index contributed by atoms with van der Waals surface area (Å²) in [6.07, 6.45) is 0. The van der Waals surface area contributed by atoms with Gasteiger partial charge in [0.15, 0.2) is 11.6 Å². The van der Waals surface area contributed by atoms with Gasteiger partial charge in [-0.15, -0.1) is 0 Å². The average Bonchev–Trinajstić information content (AvgIpc) is 2.40. The number of nitro benzene ring substituents is 1. The topological polar surface area (TPSA) is 52.4 Å². The van der Waals surface area contributed by atoms with Crippen LogP contribution in [0.3, 0.4) is 0 Å². The summed E-state index contributed by atoms with van der Waals surface area (Å²) in [6.45, 7) is -0.262. The number of hydrogen-bond acceptors (Lipinski definition) is 3. The first-order chi connectivity index (χ1) is 9.88. The molecule has 0 unspecified atom stereocenters. The highest BCUT2D eigenvalue weighted by Gasteiger charge is 2.15. The van der Waals surface area contributed by atoms with Gasteiger partial charge >= 0.3 is 5.69 Å². The molecule has 0 aliphatic carbocycles. The van der Waals surface area contributed by atoms with Gasteiger partial charge in [0.2, 0.25) is 11.6 Å². The molecule has 0 atom stereocenters. The summed E-state index contributed by atoms with van der Waals surface area (Å²) in [7, 11) is 0. The molecule has 8 heteroatoms. The third-order valence-electron chi connectivity index (χ3n) is 2.56. The van der Waals surface area contributed by atoms with Crippen LogP contribution in [0.15, 0.2) is 34.8 Å². The molecular weight excluding hydrogens is 355 g/mol. The molecule has 0 fully saturated rings. The predicted octanol–water partition coefficient (Wildman–Crippen LogP) is 4.35. The quantitative estimate of drug-likeness (QED) is 0.462. The minimum absolute atomic E-state index is 0.248. The minimum atomic E-state index is -1.17. The van der Waals surface area contributed by atoms with Crippen molar-refractivity contribution in [1.82, 2.24) is 0 Å². The van der Waals surface area contributed by atoms with E-state index in [1.807, 2.05) is 0 Å². The Hall–Kier alpha value is -2.09. The maximum Gasteiger partial charge on any atom is 0.304 e. The van der Waals surface area contributed by atoms with Gasteiger partial charge in [-0.05, 0) is 29.8 Å². The molecule has 0 spiro atoms. The largest absolute Gasteiger partial charge is 0.486 e. The van der Waals surface area contributed by atoms with E-state index < -0.39 is 28.1 Å². The zero-order valence-electron chi connectivity index (χ0n) is 10.3. The zero-order valence-corrected chi connectivity index (χ0v) is 11.9. The number of nitrogens with zero attached hydrogens (tertiary/aromatic N) is 1. The van der Waals surface area contributed by atoms with E-state index >= 15 is 0 Å². The Morgan fingerprint density at radius 2 is 1.86 bits per heavy atom. The van der Waals surface area contributed by atoms with Gasteiger partial charge in [0.25, 0.3) is 0 Å². The number of nitro groups is 1. The van der Waals surface area contributed by atoms with Crippen molar-refractivity contribution >= 4 is 21.6 Å². The van der Waals surface area contributed by atoms with Gasteiger partial charge in [0, 0.05) is 10.5 Å². The fourth-order valence-electron chi connectivity index (χ4n) is 1.59. The van der Waals surface area contributed by atoms with E-state index in [-0.39, 0.29) is 22.4 Å². The van der Waals surface area contributed by atoms with Crippen molar-refractivity contribution in [2.45, 2.75) is 6.61 Å². The Kier molecular flexibility index (Phi) is 4.46. The lowest BCUT2D eigenvalue weighted by Gasteiger charge is -2.08. The molecule has 0 aromatic heterocycles. The van der Waals surface area contributed by atoms with Crippen LogP contribution in [-0.2, 0) is 6.61 Å². The van der Waals surface area contributed by atoms with Crippen LogP contribution in [0, 0.1) is 27.6 Å². The normalized spacial score (nSPS) is 10.5. The third kappa shape index (κ3) is 3.52. The lowest BCUT2D eigenvalue weighted by Crippen LogP contribution is -2.01. The molecule has 0 aliphatic heterocycles. The van der Waals surface area contributed by atoms with Crippen LogP contribution in [0.5, 0.6) is 5.75 Å². The van der Waals surface area contributed by atoms with E-state index in [0.29, 0.717) is 0 Å². The van der Waals surface area contributed by atoms with Crippen LogP contribution in [0.1, 0.15) is 5.56 Å². The van der Waals surface area contributed by atoms with Crippen molar-refractivity contribution in [1.29, 1.82) is 0 Å². The highest BCUT2D eigenvalue weighted by Crippen LogP contribution is 2.26. The smallest absolute Gasteiger partial charge is 0.304 e. The Balaban J connectivity index is 2.17. The van der Waals surface area contributed by atoms with Gasteiger partial charge in [-0.2, -0.15) is 8.78 Å². The summed E-state index contributed by atoms with van der Waals surface area (Å²) in [5, 5.41) is 10.5. The number of rotatable bonds is 4. The highest BCUT2D eigenvalue weighted by molar-refractivity contribution is 9.10. The van der Waals surface area contributed by atoms with Gasteiger partial charge in [-0.1, -0.05) is 15.9 Å². The van der Waals surface area contributed by atoms with Gasteiger partial charge in [-0.3, -0.25) is 10.1 Å². The third-order valence-corrected chi connectivity index (χ3v) is 3.02. The van der Waals surface area contributed by atoms with Crippen LogP contribution >= 0.6 is 15.9 Å². The fraction of sp³-hybridized carbons (Fsp3) is 0.0769. The summed E-state index contributed by atoms with van der Waals surface area (Å²) in [4.78, 5) is 9.61. The van der Waals surface area contributed by atoms with Crippen LogP contribution < -0.4 is 4.74 Å². The Labute approximate surface area is 125 Å². The maximum absolute atomic E-state index is 13.4.